The lowest BCUT2D eigenvalue weighted by molar-refractivity contribution is -0.114. The molecule has 50 valence electrons. The first-order valence-corrected chi connectivity index (χ1v) is 3.49. The van der Waals surface area contributed by atoms with Crippen molar-refractivity contribution in [3.8, 4) is 0 Å². The zero-order valence-corrected chi connectivity index (χ0v) is 5.81. The monoisotopic (exact) mass is 124 g/mol. The molecule has 1 nitrogen and oxygen atoms in total. The Morgan fingerprint density at radius 3 is 2.78 bits per heavy atom. The van der Waals surface area contributed by atoms with Crippen LogP contribution in [0.3, 0.4) is 0 Å². The smallest absolute Gasteiger partial charge is 0.155 e. The maximum atomic E-state index is 10.8. The minimum absolute atomic E-state index is 0.310. The molecule has 0 saturated carbocycles. The summed E-state index contributed by atoms with van der Waals surface area (Å²) in [6.45, 7) is 2.03. The van der Waals surface area contributed by atoms with Crippen LogP contribution in [0.5, 0.6) is 0 Å². The first-order chi connectivity index (χ1) is 4.29. The van der Waals surface area contributed by atoms with Crippen LogP contribution < -0.4 is 0 Å². The van der Waals surface area contributed by atoms with Crippen LogP contribution in [-0.2, 0) is 4.79 Å². The van der Waals surface area contributed by atoms with Crippen LogP contribution in [0, 0.1) is 0 Å². The van der Waals surface area contributed by atoms with Crippen molar-refractivity contribution in [1.82, 2.24) is 0 Å². The van der Waals surface area contributed by atoms with Crippen LogP contribution in [0.25, 0.3) is 0 Å². The SMILES string of the molecule is CC1=CC(=O)CCCC1. The molecule has 0 fully saturated rings. The first-order valence-electron chi connectivity index (χ1n) is 3.49. The molecule has 0 aromatic heterocycles. The van der Waals surface area contributed by atoms with E-state index in [4.69, 9.17) is 0 Å². The van der Waals surface area contributed by atoms with E-state index in [2.05, 4.69) is 0 Å². The van der Waals surface area contributed by atoms with Crippen molar-refractivity contribution < 1.29 is 4.79 Å². The van der Waals surface area contributed by atoms with Crippen molar-refractivity contribution in [2.45, 2.75) is 32.6 Å². The molecule has 1 aliphatic rings. The van der Waals surface area contributed by atoms with Gasteiger partial charge in [0.05, 0.1) is 0 Å². The second kappa shape index (κ2) is 2.81. The molecule has 0 atom stereocenters. The van der Waals surface area contributed by atoms with E-state index in [1.165, 1.54) is 12.0 Å². The predicted octanol–water partition coefficient (Wildman–Crippen LogP) is 2.08. The molecule has 1 aliphatic carbocycles. The van der Waals surface area contributed by atoms with Crippen molar-refractivity contribution in [2.24, 2.45) is 0 Å². The van der Waals surface area contributed by atoms with Crippen molar-refractivity contribution in [3.63, 3.8) is 0 Å². The number of carbonyl (C=O) groups excluding carboxylic acids is 1. The number of hydrogen-bond acceptors (Lipinski definition) is 1. The van der Waals surface area contributed by atoms with Crippen molar-refractivity contribution in [2.75, 3.05) is 0 Å². The Kier molecular flexibility index (Phi) is 2.04. The molecule has 0 aliphatic heterocycles. The average Bonchev–Trinajstić information content (AvgIpc) is 1.93. The number of carbonyl (C=O) groups is 1. The molecule has 9 heavy (non-hydrogen) atoms. The Morgan fingerprint density at radius 2 is 2.00 bits per heavy atom. The van der Waals surface area contributed by atoms with Crippen LogP contribution >= 0.6 is 0 Å². The Hall–Kier alpha value is -0.590. The summed E-state index contributed by atoms with van der Waals surface area (Å²) >= 11 is 0. The van der Waals surface area contributed by atoms with Gasteiger partial charge >= 0.3 is 0 Å². The summed E-state index contributed by atoms with van der Waals surface area (Å²) in [7, 11) is 0. The van der Waals surface area contributed by atoms with Gasteiger partial charge in [0.15, 0.2) is 5.78 Å². The zero-order valence-electron chi connectivity index (χ0n) is 5.81. The number of ketones is 1. The molecule has 0 spiro atoms. The summed E-state index contributed by atoms with van der Waals surface area (Å²) in [5.74, 6) is 0.310. The second-order valence-corrected chi connectivity index (χ2v) is 2.66. The van der Waals surface area contributed by atoms with Crippen LogP contribution in [0.2, 0.25) is 0 Å². The van der Waals surface area contributed by atoms with Crippen LogP contribution in [-0.4, -0.2) is 5.78 Å². The van der Waals surface area contributed by atoms with E-state index >= 15 is 0 Å². The van der Waals surface area contributed by atoms with E-state index in [9.17, 15) is 4.79 Å². The Bertz CT molecular complexity index is 145. The normalized spacial score (nSPS) is 21.0. The molecule has 0 bridgehead atoms. The number of hydrogen-bond donors (Lipinski definition) is 0. The fourth-order valence-corrected chi connectivity index (χ4v) is 1.12. The van der Waals surface area contributed by atoms with Gasteiger partial charge in [-0.05, 0) is 32.3 Å². The van der Waals surface area contributed by atoms with Gasteiger partial charge in [-0.25, -0.2) is 0 Å². The maximum absolute atomic E-state index is 10.8. The van der Waals surface area contributed by atoms with Gasteiger partial charge in [-0.2, -0.15) is 0 Å². The zero-order chi connectivity index (χ0) is 6.69. The van der Waals surface area contributed by atoms with Crippen LogP contribution in [0.15, 0.2) is 11.6 Å². The minimum Gasteiger partial charge on any atom is -0.295 e. The molecule has 0 aromatic rings. The van der Waals surface area contributed by atoms with E-state index in [1.807, 2.05) is 6.92 Å². The topological polar surface area (TPSA) is 17.1 Å². The summed E-state index contributed by atoms with van der Waals surface area (Å²) in [5, 5.41) is 0. The van der Waals surface area contributed by atoms with Gasteiger partial charge in [0.25, 0.3) is 0 Å². The lowest BCUT2D eigenvalue weighted by atomic mass is 10.2. The Morgan fingerprint density at radius 1 is 1.33 bits per heavy atom. The molecule has 0 aromatic carbocycles. The second-order valence-electron chi connectivity index (χ2n) is 2.66. The highest BCUT2D eigenvalue weighted by molar-refractivity contribution is 5.90. The largest absolute Gasteiger partial charge is 0.295 e. The van der Waals surface area contributed by atoms with Crippen molar-refractivity contribution in [3.05, 3.63) is 11.6 Å². The third-order valence-electron chi connectivity index (χ3n) is 1.65. The Balaban J connectivity index is 2.59. The van der Waals surface area contributed by atoms with E-state index in [0.717, 1.165) is 19.3 Å². The van der Waals surface area contributed by atoms with Crippen molar-refractivity contribution in [1.29, 1.82) is 0 Å². The van der Waals surface area contributed by atoms with E-state index in [0.29, 0.717) is 5.78 Å². The van der Waals surface area contributed by atoms with Crippen LogP contribution in [0.1, 0.15) is 32.6 Å². The predicted molar refractivity (Wildman–Crippen MR) is 37.2 cm³/mol. The summed E-state index contributed by atoms with van der Waals surface area (Å²) < 4.78 is 0. The van der Waals surface area contributed by atoms with Gasteiger partial charge in [0.2, 0.25) is 0 Å². The van der Waals surface area contributed by atoms with Crippen molar-refractivity contribution >= 4 is 5.78 Å². The highest BCUT2D eigenvalue weighted by atomic mass is 16.1. The van der Waals surface area contributed by atoms with E-state index < -0.39 is 0 Å². The van der Waals surface area contributed by atoms with E-state index in [1.54, 1.807) is 6.08 Å². The summed E-state index contributed by atoms with van der Waals surface area (Å²) in [5.41, 5.74) is 1.25. The highest BCUT2D eigenvalue weighted by Crippen LogP contribution is 2.13. The van der Waals surface area contributed by atoms with Crippen LogP contribution in [0.4, 0.5) is 0 Å². The molecule has 0 heterocycles. The molecular formula is C8H12O. The Labute approximate surface area is 55.8 Å². The fraction of sp³-hybridized carbons (Fsp3) is 0.625. The van der Waals surface area contributed by atoms with Gasteiger partial charge in [0.1, 0.15) is 0 Å². The maximum Gasteiger partial charge on any atom is 0.155 e. The quantitative estimate of drug-likeness (QED) is 0.483. The molecular weight excluding hydrogens is 112 g/mol. The summed E-state index contributed by atoms with van der Waals surface area (Å²) in [6.07, 6.45) is 5.93. The highest BCUT2D eigenvalue weighted by Gasteiger charge is 2.03. The fourth-order valence-electron chi connectivity index (χ4n) is 1.12. The molecule has 0 N–H and O–H groups in total. The molecule has 0 unspecified atom stereocenters. The number of rotatable bonds is 0. The average molecular weight is 124 g/mol. The summed E-state index contributed by atoms with van der Waals surface area (Å²) in [6, 6.07) is 0. The molecule has 1 rings (SSSR count). The van der Waals surface area contributed by atoms with Gasteiger partial charge in [-0.3, -0.25) is 4.79 Å². The standard InChI is InChI=1S/C8H12O/c1-7-4-2-3-5-8(9)6-7/h6H,2-5H2,1H3. The van der Waals surface area contributed by atoms with Gasteiger partial charge in [-0.15, -0.1) is 0 Å². The number of allylic oxidation sites excluding steroid dienone is 2. The molecule has 0 amide bonds. The molecule has 0 saturated heterocycles. The van der Waals surface area contributed by atoms with Gasteiger partial charge in [-0.1, -0.05) is 5.57 Å². The van der Waals surface area contributed by atoms with Gasteiger partial charge in [0, 0.05) is 6.42 Å². The lowest BCUT2D eigenvalue weighted by Crippen LogP contribution is -1.88. The van der Waals surface area contributed by atoms with E-state index in [-0.39, 0.29) is 0 Å². The molecule has 0 radical (unpaired) electrons. The third kappa shape index (κ3) is 2.00. The summed E-state index contributed by atoms with van der Waals surface area (Å²) in [4.78, 5) is 10.8. The third-order valence-corrected chi connectivity index (χ3v) is 1.65. The minimum atomic E-state index is 0.310. The first kappa shape index (κ1) is 6.53. The lowest BCUT2D eigenvalue weighted by Gasteiger charge is -1.90. The molecule has 1 heteroatoms. The van der Waals surface area contributed by atoms with Gasteiger partial charge < -0.3 is 0 Å².